The minimum atomic E-state index is 0.172. The number of hydrogen-bond donors (Lipinski definition) is 2. The van der Waals surface area contributed by atoms with Crippen molar-refractivity contribution >= 4 is 5.91 Å². The lowest BCUT2D eigenvalue weighted by Gasteiger charge is -2.20. The van der Waals surface area contributed by atoms with Gasteiger partial charge in [0.05, 0.1) is 0 Å². The molecule has 0 aromatic carbocycles. The van der Waals surface area contributed by atoms with Gasteiger partial charge < -0.3 is 10.6 Å². The topological polar surface area (TPSA) is 41.1 Å². The molecule has 0 spiro atoms. The average molecular weight is 196 g/mol. The average Bonchev–Trinajstić information content (AvgIpc) is 2.30. The van der Waals surface area contributed by atoms with Crippen LogP contribution < -0.4 is 10.6 Å². The molecule has 80 valence electrons. The van der Waals surface area contributed by atoms with Crippen LogP contribution >= 0.6 is 0 Å². The van der Waals surface area contributed by atoms with Crippen LogP contribution in [-0.2, 0) is 4.79 Å². The van der Waals surface area contributed by atoms with Crippen LogP contribution in [0, 0.1) is 0 Å². The van der Waals surface area contributed by atoms with E-state index in [0.717, 1.165) is 25.8 Å². The van der Waals surface area contributed by atoms with Crippen LogP contribution in [0.3, 0.4) is 0 Å². The van der Waals surface area contributed by atoms with E-state index in [0.29, 0.717) is 18.5 Å². The molecule has 1 amide bonds. The molecule has 1 saturated heterocycles. The standard InChI is InChI=1S/C11H20N2O/c1-3-5-9(2)13-10-6-4-7-12-11(14)8-10/h3,9-10,13H,1,4-8H2,2H3,(H,12,14). The Balaban J connectivity index is 2.34. The smallest absolute Gasteiger partial charge is 0.221 e. The van der Waals surface area contributed by atoms with Gasteiger partial charge in [0.2, 0.25) is 5.91 Å². The lowest BCUT2D eigenvalue weighted by atomic mass is 10.1. The predicted octanol–water partition coefficient (Wildman–Crippen LogP) is 1.21. The van der Waals surface area contributed by atoms with E-state index in [-0.39, 0.29) is 5.91 Å². The van der Waals surface area contributed by atoms with Crippen LogP contribution in [0.5, 0.6) is 0 Å². The van der Waals surface area contributed by atoms with Crippen molar-refractivity contribution in [2.45, 2.75) is 44.7 Å². The highest BCUT2D eigenvalue weighted by Gasteiger charge is 2.17. The van der Waals surface area contributed by atoms with E-state index >= 15 is 0 Å². The van der Waals surface area contributed by atoms with Gasteiger partial charge in [-0.2, -0.15) is 0 Å². The second-order valence-electron chi connectivity index (χ2n) is 3.99. The summed E-state index contributed by atoms with van der Waals surface area (Å²) in [5.74, 6) is 0.172. The molecule has 2 N–H and O–H groups in total. The summed E-state index contributed by atoms with van der Waals surface area (Å²) in [6.07, 6.45) is 5.64. The molecule has 1 fully saturated rings. The molecular weight excluding hydrogens is 176 g/mol. The fourth-order valence-corrected chi connectivity index (χ4v) is 1.84. The Morgan fingerprint density at radius 1 is 1.79 bits per heavy atom. The highest BCUT2D eigenvalue weighted by atomic mass is 16.1. The first-order valence-electron chi connectivity index (χ1n) is 5.36. The zero-order chi connectivity index (χ0) is 10.4. The number of carbonyl (C=O) groups excluding carboxylic acids is 1. The van der Waals surface area contributed by atoms with Gasteiger partial charge in [-0.15, -0.1) is 6.58 Å². The molecular formula is C11H20N2O. The van der Waals surface area contributed by atoms with E-state index in [1.165, 1.54) is 0 Å². The zero-order valence-corrected chi connectivity index (χ0v) is 8.88. The lowest BCUT2D eigenvalue weighted by molar-refractivity contribution is -0.121. The maximum atomic E-state index is 11.3. The van der Waals surface area contributed by atoms with Gasteiger partial charge in [0.1, 0.15) is 0 Å². The van der Waals surface area contributed by atoms with E-state index in [9.17, 15) is 4.79 Å². The summed E-state index contributed by atoms with van der Waals surface area (Å²) in [5, 5.41) is 6.34. The van der Waals surface area contributed by atoms with Crippen molar-refractivity contribution in [2.24, 2.45) is 0 Å². The van der Waals surface area contributed by atoms with Gasteiger partial charge in [-0.05, 0) is 26.2 Å². The zero-order valence-electron chi connectivity index (χ0n) is 8.88. The summed E-state index contributed by atoms with van der Waals surface area (Å²) in [5.41, 5.74) is 0. The van der Waals surface area contributed by atoms with Crippen LogP contribution in [0.15, 0.2) is 12.7 Å². The SMILES string of the molecule is C=CCC(C)NC1CCCNC(=O)C1. The third kappa shape index (κ3) is 3.92. The second kappa shape index (κ2) is 5.81. The molecule has 0 aromatic rings. The van der Waals surface area contributed by atoms with Crippen molar-refractivity contribution in [2.75, 3.05) is 6.54 Å². The normalized spacial score (nSPS) is 24.9. The summed E-state index contributed by atoms with van der Waals surface area (Å²) in [6.45, 7) is 6.66. The maximum absolute atomic E-state index is 11.3. The highest BCUT2D eigenvalue weighted by molar-refractivity contribution is 5.76. The molecule has 0 radical (unpaired) electrons. The molecule has 0 aromatic heterocycles. The molecule has 1 aliphatic heterocycles. The minimum Gasteiger partial charge on any atom is -0.356 e. The summed E-state index contributed by atoms with van der Waals surface area (Å²) < 4.78 is 0. The third-order valence-corrected chi connectivity index (χ3v) is 2.52. The van der Waals surface area contributed by atoms with Gasteiger partial charge in [-0.3, -0.25) is 4.79 Å². The van der Waals surface area contributed by atoms with E-state index in [1.807, 2.05) is 6.08 Å². The van der Waals surface area contributed by atoms with E-state index < -0.39 is 0 Å². The first-order valence-corrected chi connectivity index (χ1v) is 5.36. The predicted molar refractivity (Wildman–Crippen MR) is 58.1 cm³/mol. The van der Waals surface area contributed by atoms with Crippen LogP contribution in [0.4, 0.5) is 0 Å². The van der Waals surface area contributed by atoms with Gasteiger partial charge in [0, 0.05) is 25.0 Å². The molecule has 14 heavy (non-hydrogen) atoms. The van der Waals surface area contributed by atoms with Crippen LogP contribution in [0.2, 0.25) is 0 Å². The van der Waals surface area contributed by atoms with Crippen molar-refractivity contribution in [3.63, 3.8) is 0 Å². The lowest BCUT2D eigenvalue weighted by Crippen LogP contribution is -2.38. The monoisotopic (exact) mass is 196 g/mol. The maximum Gasteiger partial charge on any atom is 0.221 e. The van der Waals surface area contributed by atoms with Gasteiger partial charge in [-0.25, -0.2) is 0 Å². The summed E-state index contributed by atoms with van der Waals surface area (Å²) in [6, 6.07) is 0.760. The molecule has 1 aliphatic rings. The van der Waals surface area contributed by atoms with Gasteiger partial charge in [-0.1, -0.05) is 6.08 Å². The van der Waals surface area contributed by atoms with Crippen molar-refractivity contribution in [1.82, 2.24) is 10.6 Å². The number of rotatable bonds is 4. The fraction of sp³-hybridized carbons (Fsp3) is 0.727. The van der Waals surface area contributed by atoms with Crippen LogP contribution in [0.1, 0.15) is 32.6 Å². The van der Waals surface area contributed by atoms with Crippen molar-refractivity contribution < 1.29 is 4.79 Å². The minimum absolute atomic E-state index is 0.172. The summed E-state index contributed by atoms with van der Waals surface area (Å²) in [4.78, 5) is 11.3. The van der Waals surface area contributed by atoms with Crippen molar-refractivity contribution in [3.05, 3.63) is 12.7 Å². The Labute approximate surface area is 86.0 Å². The number of hydrogen-bond acceptors (Lipinski definition) is 2. The molecule has 3 heteroatoms. The van der Waals surface area contributed by atoms with Gasteiger partial charge >= 0.3 is 0 Å². The Hall–Kier alpha value is -0.830. The molecule has 2 atom stereocenters. The van der Waals surface area contributed by atoms with Gasteiger partial charge in [0.25, 0.3) is 0 Å². The molecule has 0 aliphatic carbocycles. The molecule has 0 saturated carbocycles. The second-order valence-corrected chi connectivity index (χ2v) is 3.99. The fourth-order valence-electron chi connectivity index (χ4n) is 1.84. The number of carbonyl (C=O) groups is 1. The molecule has 1 rings (SSSR count). The first kappa shape index (κ1) is 11.2. The summed E-state index contributed by atoms with van der Waals surface area (Å²) >= 11 is 0. The number of amides is 1. The highest BCUT2D eigenvalue weighted by Crippen LogP contribution is 2.07. The molecule has 1 heterocycles. The Morgan fingerprint density at radius 3 is 3.29 bits per heavy atom. The third-order valence-electron chi connectivity index (χ3n) is 2.52. The van der Waals surface area contributed by atoms with E-state index in [1.54, 1.807) is 0 Å². The van der Waals surface area contributed by atoms with Crippen LogP contribution in [0.25, 0.3) is 0 Å². The molecule has 3 nitrogen and oxygen atoms in total. The van der Waals surface area contributed by atoms with Gasteiger partial charge in [0.15, 0.2) is 0 Å². The number of nitrogens with one attached hydrogen (secondary N) is 2. The van der Waals surface area contributed by atoms with Crippen molar-refractivity contribution in [1.29, 1.82) is 0 Å². The molecule has 2 unspecified atom stereocenters. The molecule has 0 bridgehead atoms. The quantitative estimate of drug-likeness (QED) is 0.664. The summed E-state index contributed by atoms with van der Waals surface area (Å²) in [7, 11) is 0. The Bertz CT molecular complexity index is 203. The Kier molecular flexibility index (Phi) is 4.66. The van der Waals surface area contributed by atoms with E-state index in [4.69, 9.17) is 0 Å². The first-order chi connectivity index (χ1) is 6.72. The Morgan fingerprint density at radius 2 is 2.57 bits per heavy atom. The largest absolute Gasteiger partial charge is 0.356 e. The van der Waals surface area contributed by atoms with Crippen molar-refractivity contribution in [3.8, 4) is 0 Å². The van der Waals surface area contributed by atoms with Crippen LogP contribution in [-0.4, -0.2) is 24.5 Å². The van der Waals surface area contributed by atoms with E-state index in [2.05, 4.69) is 24.1 Å².